The van der Waals surface area contributed by atoms with Gasteiger partial charge in [0.1, 0.15) is 5.82 Å². The molecule has 18 heavy (non-hydrogen) atoms. The van der Waals surface area contributed by atoms with E-state index in [-0.39, 0.29) is 11.7 Å². The zero-order valence-electron chi connectivity index (χ0n) is 11.7. The fraction of sp³-hybridized carbons (Fsp3) is 0.625. The van der Waals surface area contributed by atoms with Gasteiger partial charge in [0.25, 0.3) is 0 Å². The van der Waals surface area contributed by atoms with Gasteiger partial charge in [-0.1, -0.05) is 19.9 Å². The second kappa shape index (κ2) is 5.83. The molecule has 1 fully saturated rings. The first kappa shape index (κ1) is 13.5. The van der Waals surface area contributed by atoms with Crippen LogP contribution < -0.4 is 5.32 Å². The number of benzene rings is 1. The standard InChI is InChI=1S/C16H24FN/c1-11(2)15-10-14(12(3)8-16(15)17)9-13-4-6-18-7-5-13/h8,10-11,13,18H,4-7,9H2,1-3H3. The molecule has 0 atom stereocenters. The summed E-state index contributed by atoms with van der Waals surface area (Å²) in [6.45, 7) is 8.40. The van der Waals surface area contributed by atoms with E-state index in [1.807, 2.05) is 6.92 Å². The highest BCUT2D eigenvalue weighted by atomic mass is 19.1. The Kier molecular flexibility index (Phi) is 4.39. The Labute approximate surface area is 110 Å². The molecule has 0 aliphatic carbocycles. The zero-order chi connectivity index (χ0) is 13.1. The Bertz CT molecular complexity index is 406. The molecule has 1 aromatic carbocycles. The van der Waals surface area contributed by atoms with Gasteiger partial charge in [0.05, 0.1) is 0 Å². The molecule has 0 unspecified atom stereocenters. The topological polar surface area (TPSA) is 12.0 Å². The number of aryl methyl sites for hydroxylation is 1. The molecule has 0 spiro atoms. The first-order chi connectivity index (χ1) is 8.58. The van der Waals surface area contributed by atoms with Crippen LogP contribution in [0.1, 0.15) is 49.3 Å². The number of piperidine rings is 1. The van der Waals surface area contributed by atoms with Crippen molar-refractivity contribution in [3.05, 3.63) is 34.6 Å². The summed E-state index contributed by atoms with van der Waals surface area (Å²) in [5.74, 6) is 0.976. The van der Waals surface area contributed by atoms with Gasteiger partial charge in [-0.2, -0.15) is 0 Å². The van der Waals surface area contributed by atoms with Crippen LogP contribution in [0.25, 0.3) is 0 Å². The summed E-state index contributed by atoms with van der Waals surface area (Å²) < 4.78 is 13.8. The predicted octanol–water partition coefficient (Wildman–Crippen LogP) is 3.80. The van der Waals surface area contributed by atoms with Crippen molar-refractivity contribution < 1.29 is 4.39 Å². The van der Waals surface area contributed by atoms with Gasteiger partial charge in [-0.15, -0.1) is 0 Å². The first-order valence-electron chi connectivity index (χ1n) is 7.07. The smallest absolute Gasteiger partial charge is 0.126 e. The first-order valence-corrected chi connectivity index (χ1v) is 7.07. The van der Waals surface area contributed by atoms with Crippen LogP contribution in [0.5, 0.6) is 0 Å². The second-order valence-corrected chi connectivity index (χ2v) is 5.85. The molecule has 0 amide bonds. The molecular formula is C16H24FN. The van der Waals surface area contributed by atoms with E-state index in [9.17, 15) is 4.39 Å². The van der Waals surface area contributed by atoms with Crippen LogP contribution in [0.4, 0.5) is 4.39 Å². The summed E-state index contributed by atoms with van der Waals surface area (Å²) in [4.78, 5) is 0. The van der Waals surface area contributed by atoms with Gasteiger partial charge in [0.2, 0.25) is 0 Å². The molecular weight excluding hydrogens is 225 g/mol. The fourth-order valence-corrected chi connectivity index (χ4v) is 2.80. The Balaban J connectivity index is 2.18. The molecule has 1 nitrogen and oxygen atoms in total. The minimum Gasteiger partial charge on any atom is -0.317 e. The van der Waals surface area contributed by atoms with Gasteiger partial charge in [0, 0.05) is 0 Å². The van der Waals surface area contributed by atoms with Crippen molar-refractivity contribution in [1.82, 2.24) is 5.32 Å². The molecule has 100 valence electrons. The average Bonchev–Trinajstić information content (AvgIpc) is 2.33. The number of hydrogen-bond acceptors (Lipinski definition) is 1. The van der Waals surface area contributed by atoms with Gasteiger partial charge in [-0.25, -0.2) is 4.39 Å². The Morgan fingerprint density at radius 1 is 1.28 bits per heavy atom. The molecule has 2 rings (SSSR count). The van der Waals surface area contributed by atoms with E-state index in [1.165, 1.54) is 18.4 Å². The van der Waals surface area contributed by atoms with Gasteiger partial charge in [0.15, 0.2) is 0 Å². The lowest BCUT2D eigenvalue weighted by molar-refractivity contribution is 0.372. The van der Waals surface area contributed by atoms with Crippen molar-refractivity contribution in [3.63, 3.8) is 0 Å². The molecule has 0 bridgehead atoms. The molecule has 1 aliphatic rings. The monoisotopic (exact) mass is 249 g/mol. The number of halogens is 1. The van der Waals surface area contributed by atoms with Crippen LogP contribution in [0.15, 0.2) is 12.1 Å². The number of hydrogen-bond donors (Lipinski definition) is 1. The third kappa shape index (κ3) is 3.11. The van der Waals surface area contributed by atoms with Crippen LogP contribution in [0.2, 0.25) is 0 Å². The van der Waals surface area contributed by atoms with Gasteiger partial charge < -0.3 is 5.32 Å². The van der Waals surface area contributed by atoms with E-state index < -0.39 is 0 Å². The largest absolute Gasteiger partial charge is 0.317 e. The Hall–Kier alpha value is -0.890. The predicted molar refractivity (Wildman–Crippen MR) is 74.5 cm³/mol. The Morgan fingerprint density at radius 2 is 1.94 bits per heavy atom. The molecule has 1 heterocycles. The minimum atomic E-state index is -0.0449. The van der Waals surface area contributed by atoms with Crippen LogP contribution in [0, 0.1) is 18.7 Å². The molecule has 0 saturated carbocycles. The van der Waals surface area contributed by atoms with Gasteiger partial charge >= 0.3 is 0 Å². The average molecular weight is 249 g/mol. The van der Waals surface area contributed by atoms with Gasteiger partial charge in [-0.05, 0) is 73.9 Å². The van der Waals surface area contributed by atoms with Crippen molar-refractivity contribution in [3.8, 4) is 0 Å². The minimum absolute atomic E-state index is 0.0449. The summed E-state index contributed by atoms with van der Waals surface area (Å²) in [7, 11) is 0. The number of rotatable bonds is 3. The molecule has 1 saturated heterocycles. The van der Waals surface area contributed by atoms with Crippen LogP contribution in [-0.2, 0) is 6.42 Å². The van der Waals surface area contributed by atoms with E-state index in [1.54, 1.807) is 6.07 Å². The second-order valence-electron chi connectivity index (χ2n) is 5.85. The van der Waals surface area contributed by atoms with Crippen LogP contribution >= 0.6 is 0 Å². The van der Waals surface area contributed by atoms with Crippen molar-refractivity contribution in [2.75, 3.05) is 13.1 Å². The summed E-state index contributed by atoms with van der Waals surface area (Å²) >= 11 is 0. The lowest BCUT2D eigenvalue weighted by Gasteiger charge is -2.24. The maximum Gasteiger partial charge on any atom is 0.126 e. The summed E-state index contributed by atoms with van der Waals surface area (Å²) in [6.07, 6.45) is 3.59. The maximum atomic E-state index is 13.8. The van der Waals surface area contributed by atoms with Gasteiger partial charge in [-0.3, -0.25) is 0 Å². The summed E-state index contributed by atoms with van der Waals surface area (Å²) in [5.41, 5.74) is 3.31. The van der Waals surface area contributed by atoms with E-state index >= 15 is 0 Å². The highest BCUT2D eigenvalue weighted by Gasteiger charge is 2.16. The SMILES string of the molecule is Cc1cc(F)c(C(C)C)cc1CC1CCNCC1. The quantitative estimate of drug-likeness (QED) is 0.859. The zero-order valence-corrected chi connectivity index (χ0v) is 11.7. The van der Waals surface area contributed by atoms with Crippen molar-refractivity contribution in [2.24, 2.45) is 5.92 Å². The molecule has 1 aromatic rings. The third-order valence-electron chi connectivity index (χ3n) is 4.04. The molecule has 2 heteroatoms. The lowest BCUT2D eigenvalue weighted by Crippen LogP contribution is -2.28. The highest BCUT2D eigenvalue weighted by molar-refractivity contribution is 5.34. The lowest BCUT2D eigenvalue weighted by atomic mass is 9.87. The van der Waals surface area contributed by atoms with E-state index in [0.717, 1.165) is 36.6 Å². The van der Waals surface area contributed by atoms with E-state index in [0.29, 0.717) is 0 Å². The van der Waals surface area contributed by atoms with Crippen LogP contribution in [0.3, 0.4) is 0 Å². The summed E-state index contributed by atoms with van der Waals surface area (Å²) in [5, 5.41) is 3.39. The fourth-order valence-electron chi connectivity index (χ4n) is 2.80. The highest BCUT2D eigenvalue weighted by Crippen LogP contribution is 2.26. The maximum absolute atomic E-state index is 13.8. The Morgan fingerprint density at radius 3 is 2.56 bits per heavy atom. The third-order valence-corrected chi connectivity index (χ3v) is 4.04. The van der Waals surface area contributed by atoms with E-state index in [4.69, 9.17) is 0 Å². The van der Waals surface area contributed by atoms with E-state index in [2.05, 4.69) is 25.2 Å². The molecule has 0 aromatic heterocycles. The van der Waals surface area contributed by atoms with Crippen molar-refractivity contribution in [2.45, 2.75) is 46.0 Å². The summed E-state index contributed by atoms with van der Waals surface area (Å²) in [6, 6.07) is 3.81. The van der Waals surface area contributed by atoms with Crippen molar-refractivity contribution in [1.29, 1.82) is 0 Å². The molecule has 0 radical (unpaired) electrons. The van der Waals surface area contributed by atoms with Crippen molar-refractivity contribution >= 4 is 0 Å². The van der Waals surface area contributed by atoms with Crippen LogP contribution in [-0.4, -0.2) is 13.1 Å². The molecule has 1 N–H and O–H groups in total. The normalized spacial score (nSPS) is 17.4. The number of nitrogens with one attached hydrogen (secondary N) is 1. The molecule has 1 aliphatic heterocycles.